The van der Waals surface area contributed by atoms with Crippen molar-refractivity contribution in [2.24, 2.45) is 0 Å². The smallest absolute Gasteiger partial charge is 0.160 e. The molecule has 0 N–H and O–H groups in total. The normalized spacial score (nSPS) is 11.3. The third-order valence-corrected chi connectivity index (χ3v) is 4.52. The van der Waals surface area contributed by atoms with Crippen LogP contribution in [0.1, 0.15) is 21.1 Å². The minimum Gasteiger partial charge on any atom is -0.307 e. The minimum absolute atomic E-state index is 0.575. The van der Waals surface area contributed by atoms with Crippen LogP contribution in [0.3, 0.4) is 0 Å². The second-order valence-electron chi connectivity index (χ2n) is 4.87. The zero-order valence-electron chi connectivity index (χ0n) is 11.6. The zero-order valence-corrected chi connectivity index (χ0v) is 13.1. The second-order valence-corrected chi connectivity index (χ2v) is 6.62. The van der Waals surface area contributed by atoms with Gasteiger partial charge in [-0.05, 0) is 37.6 Å². The van der Waals surface area contributed by atoms with Crippen molar-refractivity contribution in [1.82, 2.24) is 14.5 Å². The Hall–Kier alpha value is -1.39. The van der Waals surface area contributed by atoms with Crippen LogP contribution >= 0.6 is 22.9 Å². The van der Waals surface area contributed by atoms with Crippen LogP contribution < -0.4 is 0 Å². The molecule has 0 aliphatic rings. The van der Waals surface area contributed by atoms with Crippen molar-refractivity contribution in [2.75, 3.05) is 5.88 Å². The number of pyridine rings is 1. The first-order chi connectivity index (χ1) is 9.69. The molecule has 3 nitrogen and oxygen atoms in total. The molecule has 3 aromatic heterocycles. The standard InChI is InChI=1S/C15H16ClN3S/c1-10-6-8-17-15-14(10)18-13(5-7-16)19(15)9-12-4-3-11(2)20-12/h3-4,6,8H,5,7,9H2,1-2H3. The van der Waals surface area contributed by atoms with E-state index >= 15 is 0 Å². The summed E-state index contributed by atoms with van der Waals surface area (Å²) in [4.78, 5) is 11.9. The molecule has 0 aliphatic carbocycles. The summed E-state index contributed by atoms with van der Waals surface area (Å²) in [5.74, 6) is 1.59. The predicted molar refractivity (Wildman–Crippen MR) is 84.8 cm³/mol. The maximum absolute atomic E-state index is 5.91. The van der Waals surface area contributed by atoms with Gasteiger partial charge in [0.1, 0.15) is 11.3 Å². The Bertz CT molecular complexity index is 745. The average Bonchev–Trinajstić information content (AvgIpc) is 2.97. The SMILES string of the molecule is Cc1ccc(Cn2c(CCCl)nc3c(C)ccnc32)s1. The average molecular weight is 306 g/mol. The molecule has 104 valence electrons. The highest BCUT2D eigenvalue weighted by atomic mass is 35.5. The number of hydrogen-bond donors (Lipinski definition) is 0. The molecule has 0 aliphatic heterocycles. The van der Waals surface area contributed by atoms with Gasteiger partial charge in [-0.25, -0.2) is 9.97 Å². The van der Waals surface area contributed by atoms with Crippen molar-refractivity contribution in [3.8, 4) is 0 Å². The molecule has 20 heavy (non-hydrogen) atoms. The Morgan fingerprint density at radius 2 is 2.10 bits per heavy atom. The molecule has 0 atom stereocenters. The first-order valence-electron chi connectivity index (χ1n) is 6.61. The van der Waals surface area contributed by atoms with Crippen LogP contribution in [0.2, 0.25) is 0 Å². The van der Waals surface area contributed by atoms with E-state index in [1.165, 1.54) is 9.75 Å². The number of imidazole rings is 1. The molecule has 0 spiro atoms. The first kappa shape index (κ1) is 13.6. The largest absolute Gasteiger partial charge is 0.307 e. The van der Waals surface area contributed by atoms with Crippen LogP contribution in [0.25, 0.3) is 11.2 Å². The number of aromatic nitrogens is 3. The molecular formula is C15H16ClN3S. The van der Waals surface area contributed by atoms with E-state index < -0.39 is 0 Å². The van der Waals surface area contributed by atoms with E-state index in [0.29, 0.717) is 5.88 Å². The van der Waals surface area contributed by atoms with Crippen molar-refractivity contribution in [2.45, 2.75) is 26.8 Å². The van der Waals surface area contributed by atoms with Gasteiger partial charge in [0.05, 0.1) is 6.54 Å². The number of halogens is 1. The van der Waals surface area contributed by atoms with Gasteiger partial charge >= 0.3 is 0 Å². The number of rotatable bonds is 4. The van der Waals surface area contributed by atoms with E-state index in [-0.39, 0.29) is 0 Å². The van der Waals surface area contributed by atoms with Gasteiger partial charge in [-0.2, -0.15) is 0 Å². The number of aryl methyl sites for hydroxylation is 3. The summed E-state index contributed by atoms with van der Waals surface area (Å²) >= 11 is 7.73. The Labute approximate surface area is 127 Å². The maximum Gasteiger partial charge on any atom is 0.160 e. The van der Waals surface area contributed by atoms with E-state index in [2.05, 4.69) is 35.5 Å². The van der Waals surface area contributed by atoms with Gasteiger partial charge in [-0.3, -0.25) is 0 Å². The van der Waals surface area contributed by atoms with Gasteiger partial charge in [0.15, 0.2) is 5.65 Å². The fourth-order valence-corrected chi connectivity index (χ4v) is 3.40. The highest BCUT2D eigenvalue weighted by Crippen LogP contribution is 2.22. The number of fused-ring (bicyclic) bond motifs is 1. The Morgan fingerprint density at radius 3 is 2.80 bits per heavy atom. The quantitative estimate of drug-likeness (QED) is 0.684. The fourth-order valence-electron chi connectivity index (χ4n) is 2.35. The maximum atomic E-state index is 5.91. The Kier molecular flexibility index (Phi) is 3.76. The van der Waals surface area contributed by atoms with Gasteiger partial charge in [0.25, 0.3) is 0 Å². The van der Waals surface area contributed by atoms with E-state index in [9.17, 15) is 0 Å². The number of nitrogens with zero attached hydrogens (tertiary/aromatic N) is 3. The van der Waals surface area contributed by atoms with Gasteiger partial charge in [0, 0.05) is 28.3 Å². The van der Waals surface area contributed by atoms with Crippen molar-refractivity contribution < 1.29 is 0 Å². The summed E-state index contributed by atoms with van der Waals surface area (Å²) in [7, 11) is 0. The third-order valence-electron chi connectivity index (χ3n) is 3.34. The van der Waals surface area contributed by atoms with E-state index in [1.807, 2.05) is 23.6 Å². The van der Waals surface area contributed by atoms with Gasteiger partial charge in [-0.1, -0.05) is 0 Å². The monoisotopic (exact) mass is 305 g/mol. The molecule has 0 unspecified atom stereocenters. The molecule has 0 saturated heterocycles. The molecule has 3 rings (SSSR count). The lowest BCUT2D eigenvalue weighted by Crippen LogP contribution is -2.05. The van der Waals surface area contributed by atoms with Crippen LogP contribution in [0, 0.1) is 13.8 Å². The number of alkyl halides is 1. The molecule has 0 radical (unpaired) electrons. The van der Waals surface area contributed by atoms with E-state index in [4.69, 9.17) is 16.6 Å². The predicted octanol–water partition coefficient (Wildman–Crippen LogP) is 3.94. The molecule has 0 saturated carbocycles. The lowest BCUT2D eigenvalue weighted by atomic mass is 10.3. The zero-order chi connectivity index (χ0) is 14.1. The topological polar surface area (TPSA) is 30.7 Å². The van der Waals surface area contributed by atoms with Crippen LogP contribution in [0.4, 0.5) is 0 Å². The minimum atomic E-state index is 0.575. The number of thiophene rings is 1. The van der Waals surface area contributed by atoms with Crippen LogP contribution in [0.5, 0.6) is 0 Å². The molecule has 0 amide bonds. The van der Waals surface area contributed by atoms with Crippen LogP contribution in [0.15, 0.2) is 24.4 Å². The highest BCUT2D eigenvalue weighted by molar-refractivity contribution is 7.11. The first-order valence-corrected chi connectivity index (χ1v) is 7.96. The summed E-state index contributed by atoms with van der Waals surface area (Å²) < 4.78 is 2.19. The van der Waals surface area contributed by atoms with Crippen LogP contribution in [-0.2, 0) is 13.0 Å². The summed E-state index contributed by atoms with van der Waals surface area (Å²) in [6.45, 7) is 5.01. The molecule has 0 fully saturated rings. The number of hydrogen-bond acceptors (Lipinski definition) is 3. The molecule has 0 bridgehead atoms. The summed E-state index contributed by atoms with van der Waals surface area (Å²) in [5, 5.41) is 0. The van der Waals surface area contributed by atoms with Crippen molar-refractivity contribution in [3.63, 3.8) is 0 Å². The fraction of sp³-hybridized carbons (Fsp3) is 0.333. The van der Waals surface area contributed by atoms with Crippen molar-refractivity contribution in [1.29, 1.82) is 0 Å². The summed E-state index contributed by atoms with van der Waals surface area (Å²) in [6, 6.07) is 6.32. The van der Waals surface area contributed by atoms with E-state index in [1.54, 1.807) is 0 Å². The second kappa shape index (κ2) is 5.54. The van der Waals surface area contributed by atoms with Gasteiger partial charge in [-0.15, -0.1) is 22.9 Å². The van der Waals surface area contributed by atoms with Crippen molar-refractivity contribution >= 4 is 34.1 Å². The molecule has 3 heterocycles. The molecular weight excluding hydrogens is 290 g/mol. The van der Waals surface area contributed by atoms with Crippen LogP contribution in [-0.4, -0.2) is 20.4 Å². The Morgan fingerprint density at radius 1 is 1.25 bits per heavy atom. The Balaban J connectivity index is 2.11. The van der Waals surface area contributed by atoms with Crippen molar-refractivity contribution in [3.05, 3.63) is 45.5 Å². The molecule has 3 aromatic rings. The lowest BCUT2D eigenvalue weighted by molar-refractivity contribution is 0.756. The highest BCUT2D eigenvalue weighted by Gasteiger charge is 2.13. The molecule has 0 aromatic carbocycles. The lowest BCUT2D eigenvalue weighted by Gasteiger charge is -2.06. The third kappa shape index (κ3) is 2.45. The summed E-state index contributed by atoms with van der Waals surface area (Å²) in [5.41, 5.74) is 3.10. The van der Waals surface area contributed by atoms with Gasteiger partial charge in [0.2, 0.25) is 0 Å². The van der Waals surface area contributed by atoms with E-state index in [0.717, 1.165) is 35.5 Å². The van der Waals surface area contributed by atoms with Gasteiger partial charge < -0.3 is 4.57 Å². The molecule has 5 heteroatoms. The summed E-state index contributed by atoms with van der Waals surface area (Å²) in [6.07, 6.45) is 2.61.